The van der Waals surface area contributed by atoms with Crippen molar-refractivity contribution in [1.82, 2.24) is 5.32 Å². The molecule has 3 rings (SSSR count). The summed E-state index contributed by atoms with van der Waals surface area (Å²) < 4.78 is 0. The van der Waals surface area contributed by atoms with Crippen LogP contribution in [0.3, 0.4) is 0 Å². The number of benzene rings is 2. The van der Waals surface area contributed by atoms with Crippen LogP contribution >= 0.6 is 0 Å². The van der Waals surface area contributed by atoms with Crippen LogP contribution in [0.4, 0.5) is 5.69 Å². The lowest BCUT2D eigenvalue weighted by molar-refractivity contribution is 0.192. The molecule has 1 fully saturated rings. The zero-order chi connectivity index (χ0) is 23.6. The summed E-state index contributed by atoms with van der Waals surface area (Å²) in [6.07, 6.45) is 7.01. The van der Waals surface area contributed by atoms with E-state index in [1.165, 1.54) is 47.8 Å². The molecule has 1 atom stereocenters. The number of allylic oxidation sites excluding steroid dienone is 3. The highest BCUT2D eigenvalue weighted by atomic mass is 15.2. The molecule has 32 heavy (non-hydrogen) atoms. The molecule has 0 spiro atoms. The van der Waals surface area contributed by atoms with Gasteiger partial charge < -0.3 is 16.0 Å². The number of hydrogen-bond donors (Lipinski definition) is 2. The average Bonchev–Trinajstić information content (AvgIpc) is 2.83. The Morgan fingerprint density at radius 2 is 1.50 bits per heavy atom. The lowest BCUT2D eigenvalue weighted by atomic mass is 9.71. The number of likely N-dealkylation sites (N-methyl/N-ethyl adjacent to an activating group) is 1. The van der Waals surface area contributed by atoms with E-state index in [0.29, 0.717) is 6.04 Å². The second-order valence-corrected chi connectivity index (χ2v) is 9.16. The number of rotatable bonds is 7. The minimum Gasteiger partial charge on any atom is -0.365 e. The molecule has 1 heterocycles. The summed E-state index contributed by atoms with van der Waals surface area (Å²) in [5.41, 5.74) is 11.4. The molecule has 1 saturated heterocycles. The molecule has 2 aromatic rings. The zero-order valence-corrected chi connectivity index (χ0v) is 21.0. The molecule has 3 heteroatoms. The van der Waals surface area contributed by atoms with E-state index in [0.717, 1.165) is 19.6 Å². The van der Waals surface area contributed by atoms with Gasteiger partial charge in [-0.3, -0.25) is 0 Å². The van der Waals surface area contributed by atoms with Crippen LogP contribution in [-0.2, 0) is 0 Å². The maximum absolute atomic E-state index is 4.50. The molecule has 1 aliphatic heterocycles. The van der Waals surface area contributed by atoms with Crippen LogP contribution in [0.2, 0.25) is 0 Å². The molecule has 0 aliphatic carbocycles. The first-order valence-electron chi connectivity index (χ1n) is 12.0. The van der Waals surface area contributed by atoms with Gasteiger partial charge in [-0.2, -0.15) is 0 Å². The summed E-state index contributed by atoms with van der Waals surface area (Å²) in [5, 5.41) is 3.56. The summed E-state index contributed by atoms with van der Waals surface area (Å²) in [4.78, 5) is 2.62. The Bertz CT molecular complexity index is 855. The highest BCUT2D eigenvalue weighted by Crippen LogP contribution is 2.40. The quantitative estimate of drug-likeness (QED) is 0.495. The number of nitrogens with two attached hydrogens (primary N) is 1. The molecule has 0 saturated carbocycles. The van der Waals surface area contributed by atoms with E-state index in [4.69, 9.17) is 0 Å². The minimum absolute atomic E-state index is 0.259. The summed E-state index contributed by atoms with van der Waals surface area (Å²) >= 11 is 0. The molecule has 2 aromatic carbocycles. The summed E-state index contributed by atoms with van der Waals surface area (Å²) in [7, 11) is 1.50. The third kappa shape index (κ3) is 6.57. The van der Waals surface area contributed by atoms with Crippen LogP contribution in [0.25, 0.3) is 11.1 Å². The number of piperidine rings is 1. The highest BCUT2D eigenvalue weighted by Gasteiger charge is 2.39. The van der Waals surface area contributed by atoms with Gasteiger partial charge in [-0.15, -0.1) is 0 Å². The van der Waals surface area contributed by atoms with Crippen molar-refractivity contribution in [3.63, 3.8) is 0 Å². The van der Waals surface area contributed by atoms with Crippen LogP contribution < -0.4 is 16.0 Å². The number of hydrogen-bond acceptors (Lipinski definition) is 3. The molecule has 3 nitrogen and oxygen atoms in total. The standard InChI is InChI=1S/C28H38N2.CH5N/c1-6-30(26-16-14-25(15-17-26)24-10-8-7-9-11-24)27(23(4)13-12-22(2)3)28(5)18-20-29-21-19-28;1-2/h7-17,27,29H,6,18-21H2,1-5H3;2H2,1H3/b23-13+;. The molecule has 0 bridgehead atoms. The van der Waals surface area contributed by atoms with Crippen molar-refractivity contribution in [3.8, 4) is 11.1 Å². The predicted molar refractivity (Wildman–Crippen MR) is 142 cm³/mol. The highest BCUT2D eigenvalue weighted by molar-refractivity contribution is 5.66. The van der Waals surface area contributed by atoms with Crippen molar-refractivity contribution < 1.29 is 0 Å². The van der Waals surface area contributed by atoms with Crippen LogP contribution in [0, 0.1) is 5.41 Å². The first-order chi connectivity index (χ1) is 15.4. The summed E-state index contributed by atoms with van der Waals surface area (Å²) in [6, 6.07) is 20.2. The molecule has 0 aromatic heterocycles. The van der Waals surface area contributed by atoms with Crippen molar-refractivity contribution in [2.24, 2.45) is 11.1 Å². The number of anilines is 1. The first kappa shape index (κ1) is 25.9. The fraction of sp³-hybridized carbons (Fsp3) is 0.448. The molecule has 3 N–H and O–H groups in total. The van der Waals surface area contributed by atoms with E-state index in [1.807, 2.05) is 0 Å². The van der Waals surface area contributed by atoms with E-state index < -0.39 is 0 Å². The van der Waals surface area contributed by atoms with Crippen molar-refractivity contribution in [2.45, 2.75) is 53.5 Å². The van der Waals surface area contributed by atoms with Gasteiger partial charge in [0.15, 0.2) is 0 Å². The SMILES string of the molecule is CCN(c1ccc(-c2ccccc2)cc1)C(/C(C)=C/C=C(C)C)C1(C)CCNCC1.CN. The summed E-state index contributed by atoms with van der Waals surface area (Å²) in [5.74, 6) is 0. The van der Waals surface area contributed by atoms with Gasteiger partial charge in [-0.1, -0.05) is 72.7 Å². The second kappa shape index (κ2) is 12.6. The minimum atomic E-state index is 0.259. The van der Waals surface area contributed by atoms with Gasteiger partial charge in [-0.05, 0) is 89.3 Å². The Morgan fingerprint density at radius 1 is 0.938 bits per heavy atom. The third-order valence-corrected chi connectivity index (χ3v) is 6.48. The maximum Gasteiger partial charge on any atom is 0.0557 e. The van der Waals surface area contributed by atoms with Crippen molar-refractivity contribution in [1.29, 1.82) is 0 Å². The zero-order valence-electron chi connectivity index (χ0n) is 21.0. The largest absolute Gasteiger partial charge is 0.365 e. The molecular formula is C29H43N3. The van der Waals surface area contributed by atoms with Crippen LogP contribution in [0.5, 0.6) is 0 Å². The lowest BCUT2D eigenvalue weighted by Gasteiger charge is -2.48. The van der Waals surface area contributed by atoms with Crippen LogP contribution in [0.1, 0.15) is 47.5 Å². The Kier molecular flexibility index (Phi) is 10.2. The Morgan fingerprint density at radius 3 is 2.03 bits per heavy atom. The van der Waals surface area contributed by atoms with Gasteiger partial charge in [0.25, 0.3) is 0 Å². The van der Waals surface area contributed by atoms with Crippen molar-refractivity contribution in [2.75, 3.05) is 31.6 Å². The molecule has 0 radical (unpaired) electrons. The Labute approximate surface area is 196 Å². The molecule has 0 amide bonds. The van der Waals surface area contributed by atoms with E-state index in [-0.39, 0.29) is 5.41 Å². The fourth-order valence-electron chi connectivity index (χ4n) is 4.82. The van der Waals surface area contributed by atoms with Gasteiger partial charge in [0.2, 0.25) is 0 Å². The Balaban J connectivity index is 0.00000176. The van der Waals surface area contributed by atoms with Gasteiger partial charge in [0, 0.05) is 12.2 Å². The lowest BCUT2D eigenvalue weighted by Crippen LogP contribution is -2.52. The van der Waals surface area contributed by atoms with Crippen LogP contribution in [0.15, 0.2) is 77.9 Å². The van der Waals surface area contributed by atoms with Crippen molar-refractivity contribution in [3.05, 3.63) is 77.9 Å². The van der Waals surface area contributed by atoms with Crippen molar-refractivity contribution >= 4 is 5.69 Å². The third-order valence-electron chi connectivity index (χ3n) is 6.48. The van der Waals surface area contributed by atoms with Gasteiger partial charge in [0.1, 0.15) is 0 Å². The smallest absolute Gasteiger partial charge is 0.0557 e. The van der Waals surface area contributed by atoms with E-state index in [1.54, 1.807) is 0 Å². The van der Waals surface area contributed by atoms with E-state index in [2.05, 4.69) is 117 Å². The van der Waals surface area contributed by atoms with Crippen LogP contribution in [-0.4, -0.2) is 32.7 Å². The first-order valence-corrected chi connectivity index (χ1v) is 12.0. The number of nitrogens with one attached hydrogen (secondary N) is 1. The van der Waals surface area contributed by atoms with E-state index in [9.17, 15) is 0 Å². The second-order valence-electron chi connectivity index (χ2n) is 9.16. The van der Waals surface area contributed by atoms with Gasteiger partial charge in [0.05, 0.1) is 6.04 Å². The molecule has 1 aliphatic rings. The topological polar surface area (TPSA) is 41.3 Å². The predicted octanol–water partition coefficient (Wildman–Crippen LogP) is 6.43. The monoisotopic (exact) mass is 433 g/mol. The van der Waals surface area contributed by atoms with E-state index >= 15 is 0 Å². The molecular weight excluding hydrogens is 390 g/mol. The maximum atomic E-state index is 4.50. The fourth-order valence-corrected chi connectivity index (χ4v) is 4.82. The van der Waals surface area contributed by atoms with Gasteiger partial charge >= 0.3 is 0 Å². The average molecular weight is 434 g/mol. The summed E-state index contributed by atoms with van der Waals surface area (Å²) in [6.45, 7) is 14.6. The normalized spacial score (nSPS) is 16.4. The van der Waals surface area contributed by atoms with Gasteiger partial charge in [-0.25, -0.2) is 0 Å². The Hall–Kier alpha value is -2.36. The molecule has 1 unspecified atom stereocenters. The number of nitrogens with zero attached hydrogens (tertiary/aromatic N) is 1. The molecule has 174 valence electrons.